The number of rotatable bonds is 5. The summed E-state index contributed by atoms with van der Waals surface area (Å²) < 4.78 is 14.8. The molecule has 1 N–H and O–H groups in total. The SMILES string of the molecule is CC(CC(=O)NS)C(C)N(F)C=O. The maximum Gasteiger partial charge on any atom is 0.237 e. The maximum atomic E-state index is 12.6. The van der Waals surface area contributed by atoms with Crippen LogP contribution in [0.5, 0.6) is 0 Å². The zero-order chi connectivity index (χ0) is 10.4. The number of nitrogens with zero attached hydrogens (tertiary/aromatic N) is 1. The van der Waals surface area contributed by atoms with Crippen LogP contribution in [0.1, 0.15) is 20.3 Å². The molecule has 2 atom stereocenters. The van der Waals surface area contributed by atoms with Crippen LogP contribution in [-0.4, -0.2) is 23.5 Å². The number of thiol groups is 1. The van der Waals surface area contributed by atoms with Gasteiger partial charge in [0, 0.05) is 6.42 Å². The molecule has 0 heterocycles. The van der Waals surface area contributed by atoms with Gasteiger partial charge in [-0.1, -0.05) is 24.2 Å². The van der Waals surface area contributed by atoms with E-state index in [1.807, 2.05) is 0 Å². The van der Waals surface area contributed by atoms with E-state index >= 15 is 0 Å². The van der Waals surface area contributed by atoms with E-state index in [9.17, 15) is 14.1 Å². The molecule has 4 nitrogen and oxygen atoms in total. The summed E-state index contributed by atoms with van der Waals surface area (Å²) in [6.07, 6.45) is 0.235. The maximum absolute atomic E-state index is 12.6. The Morgan fingerprint density at radius 2 is 2.23 bits per heavy atom. The number of carbonyl (C=O) groups excluding carboxylic acids is 2. The van der Waals surface area contributed by atoms with Gasteiger partial charge in [0.25, 0.3) is 0 Å². The molecule has 0 aromatic heterocycles. The van der Waals surface area contributed by atoms with Crippen LogP contribution in [0.3, 0.4) is 0 Å². The minimum atomic E-state index is -0.608. The van der Waals surface area contributed by atoms with Gasteiger partial charge in [0.1, 0.15) is 0 Å². The second-order valence-corrected chi connectivity index (χ2v) is 3.13. The monoisotopic (exact) mass is 208 g/mol. The van der Waals surface area contributed by atoms with Gasteiger partial charge in [0.2, 0.25) is 12.3 Å². The molecule has 2 unspecified atom stereocenters. The zero-order valence-corrected chi connectivity index (χ0v) is 8.42. The summed E-state index contributed by atoms with van der Waals surface area (Å²) in [6, 6.07) is -0.608. The highest BCUT2D eigenvalue weighted by molar-refractivity contribution is 7.78. The highest BCUT2D eigenvalue weighted by Crippen LogP contribution is 2.13. The Kier molecular flexibility index (Phi) is 5.45. The number of nitrogens with one attached hydrogen (secondary N) is 1. The summed E-state index contributed by atoms with van der Waals surface area (Å²) in [7, 11) is 0. The Balaban J connectivity index is 4.02. The van der Waals surface area contributed by atoms with Crippen LogP contribution >= 0.6 is 12.8 Å². The third kappa shape index (κ3) is 4.12. The Morgan fingerprint density at radius 3 is 2.62 bits per heavy atom. The Hall–Kier alpha value is -0.780. The number of hydrogen-bond donors (Lipinski definition) is 2. The number of amides is 2. The molecule has 0 aromatic carbocycles. The molecule has 0 fully saturated rings. The van der Waals surface area contributed by atoms with Crippen LogP contribution in [0.2, 0.25) is 0 Å². The lowest BCUT2D eigenvalue weighted by Crippen LogP contribution is -2.32. The molecule has 0 aliphatic heterocycles. The Morgan fingerprint density at radius 1 is 1.69 bits per heavy atom. The van der Waals surface area contributed by atoms with E-state index < -0.39 is 6.04 Å². The van der Waals surface area contributed by atoms with Gasteiger partial charge < -0.3 is 4.72 Å². The molecular weight excluding hydrogens is 195 g/mol. The zero-order valence-electron chi connectivity index (χ0n) is 7.53. The van der Waals surface area contributed by atoms with Gasteiger partial charge in [0.05, 0.1) is 6.04 Å². The highest BCUT2D eigenvalue weighted by Gasteiger charge is 2.20. The van der Waals surface area contributed by atoms with Gasteiger partial charge in [-0.15, -0.1) is 0 Å². The van der Waals surface area contributed by atoms with Crippen LogP contribution < -0.4 is 4.72 Å². The number of hydrogen-bond acceptors (Lipinski definition) is 3. The molecule has 2 amide bonds. The first-order chi connectivity index (χ1) is 6.02. The van der Waals surface area contributed by atoms with Crippen molar-refractivity contribution >= 4 is 25.1 Å². The molecule has 0 saturated carbocycles. The summed E-state index contributed by atoms with van der Waals surface area (Å²) >= 11 is 3.56. The van der Waals surface area contributed by atoms with E-state index in [-0.39, 0.29) is 29.8 Å². The topological polar surface area (TPSA) is 49.4 Å². The third-order valence-electron chi connectivity index (χ3n) is 1.95. The summed E-state index contributed by atoms with van der Waals surface area (Å²) in [6.45, 7) is 3.22. The van der Waals surface area contributed by atoms with Gasteiger partial charge in [-0.2, -0.15) is 5.12 Å². The Labute approximate surface area is 82.0 Å². The molecule has 76 valence electrons. The number of halogens is 1. The first kappa shape index (κ1) is 12.2. The van der Waals surface area contributed by atoms with Gasteiger partial charge in [-0.25, -0.2) is 0 Å². The molecule has 13 heavy (non-hydrogen) atoms. The van der Waals surface area contributed by atoms with Crippen molar-refractivity contribution < 1.29 is 14.1 Å². The van der Waals surface area contributed by atoms with Gasteiger partial charge in [-0.3, -0.25) is 9.59 Å². The summed E-state index contributed by atoms with van der Waals surface area (Å²) in [5.74, 6) is -0.538. The lowest BCUT2D eigenvalue weighted by molar-refractivity contribution is -0.139. The van der Waals surface area contributed by atoms with Crippen LogP contribution in [-0.2, 0) is 9.59 Å². The van der Waals surface area contributed by atoms with Crippen molar-refractivity contribution in [3.63, 3.8) is 0 Å². The lowest BCUT2D eigenvalue weighted by atomic mass is 10.00. The molecule has 0 aliphatic carbocycles. The standard InChI is InChI=1S/C7H13FN2O2S/c1-5(3-7(12)9-13)6(2)10(8)4-11/h4-6,13H,3H2,1-2H3,(H,9,12). The molecular formula is C7H13FN2O2S. The van der Waals surface area contributed by atoms with Crippen molar-refractivity contribution in [3.8, 4) is 0 Å². The van der Waals surface area contributed by atoms with Gasteiger partial charge in [0.15, 0.2) is 0 Å². The van der Waals surface area contributed by atoms with Crippen LogP contribution in [0.25, 0.3) is 0 Å². The summed E-state index contributed by atoms with van der Waals surface area (Å²) in [4.78, 5) is 20.9. The summed E-state index contributed by atoms with van der Waals surface area (Å²) in [5.41, 5.74) is 0. The number of carbonyl (C=O) groups is 2. The van der Waals surface area contributed by atoms with Gasteiger partial charge in [-0.05, 0) is 12.8 Å². The first-order valence-corrected chi connectivity index (χ1v) is 4.30. The highest BCUT2D eigenvalue weighted by atomic mass is 32.1. The van der Waals surface area contributed by atoms with E-state index in [2.05, 4.69) is 17.5 Å². The van der Waals surface area contributed by atoms with E-state index in [0.29, 0.717) is 0 Å². The van der Waals surface area contributed by atoms with E-state index in [1.165, 1.54) is 6.92 Å². The van der Waals surface area contributed by atoms with Crippen LogP contribution in [0.15, 0.2) is 0 Å². The van der Waals surface area contributed by atoms with E-state index in [4.69, 9.17) is 0 Å². The fourth-order valence-electron chi connectivity index (χ4n) is 0.848. The molecule has 0 bridgehead atoms. The molecule has 0 aliphatic rings. The van der Waals surface area contributed by atoms with Crippen molar-refractivity contribution in [1.82, 2.24) is 9.84 Å². The van der Waals surface area contributed by atoms with Crippen molar-refractivity contribution in [2.24, 2.45) is 5.92 Å². The molecule has 0 spiro atoms. The molecule has 6 heteroatoms. The quantitative estimate of drug-likeness (QED) is 0.397. The minimum absolute atomic E-state index is 0.0520. The lowest BCUT2D eigenvalue weighted by Gasteiger charge is -2.21. The largest absolute Gasteiger partial charge is 0.303 e. The normalized spacial score (nSPS) is 14.5. The second kappa shape index (κ2) is 5.80. The smallest absolute Gasteiger partial charge is 0.237 e. The van der Waals surface area contributed by atoms with Crippen molar-refractivity contribution in [2.75, 3.05) is 0 Å². The third-order valence-corrected chi connectivity index (χ3v) is 2.19. The predicted octanol–water partition coefficient (Wildman–Crippen LogP) is 0.705. The molecule has 0 rings (SSSR count). The van der Waals surface area contributed by atoms with Crippen LogP contribution in [0.4, 0.5) is 4.48 Å². The fraction of sp³-hybridized carbons (Fsp3) is 0.714. The molecule has 0 saturated heterocycles. The van der Waals surface area contributed by atoms with E-state index in [1.54, 1.807) is 6.92 Å². The fourth-order valence-corrected chi connectivity index (χ4v) is 0.939. The Bertz CT molecular complexity index is 191. The van der Waals surface area contributed by atoms with Gasteiger partial charge >= 0.3 is 0 Å². The second-order valence-electron chi connectivity index (χ2n) is 2.91. The molecule has 0 aromatic rings. The summed E-state index contributed by atoms with van der Waals surface area (Å²) in [5, 5.41) is 0.0520. The average Bonchev–Trinajstić information content (AvgIpc) is 2.14. The van der Waals surface area contributed by atoms with Crippen molar-refractivity contribution in [3.05, 3.63) is 0 Å². The van der Waals surface area contributed by atoms with Crippen molar-refractivity contribution in [1.29, 1.82) is 0 Å². The first-order valence-electron chi connectivity index (χ1n) is 3.85. The average molecular weight is 208 g/mol. The van der Waals surface area contributed by atoms with Crippen LogP contribution in [0, 0.1) is 5.92 Å². The molecule has 0 radical (unpaired) electrons. The predicted molar refractivity (Wildman–Crippen MR) is 49.4 cm³/mol. The van der Waals surface area contributed by atoms with E-state index in [0.717, 1.165) is 0 Å². The minimum Gasteiger partial charge on any atom is -0.303 e. The van der Waals surface area contributed by atoms with Crippen molar-refractivity contribution in [2.45, 2.75) is 26.3 Å².